The van der Waals surface area contributed by atoms with Gasteiger partial charge in [-0.25, -0.2) is 12.8 Å². The molecular weight excluding hydrogens is 565 g/mol. The monoisotopic (exact) mass is 601 g/mol. The average Bonchev–Trinajstić information content (AvgIpc) is 2.94. The summed E-state index contributed by atoms with van der Waals surface area (Å²) in [5.74, 6) is -1.36. The molecule has 0 radical (unpaired) electrons. The predicted molar refractivity (Wildman–Crippen MR) is 161 cm³/mol. The molecule has 0 unspecified atom stereocenters. The van der Waals surface area contributed by atoms with Gasteiger partial charge < -0.3 is 10.2 Å². The van der Waals surface area contributed by atoms with Crippen LogP contribution in [0.1, 0.15) is 50.3 Å². The fourth-order valence-corrected chi connectivity index (χ4v) is 5.99. The number of anilines is 1. The molecule has 2 amide bonds. The van der Waals surface area contributed by atoms with Crippen LogP contribution in [0.15, 0.2) is 71.6 Å². The summed E-state index contributed by atoms with van der Waals surface area (Å²) in [6.07, 6.45) is 0.987. The molecule has 0 aliphatic carbocycles. The van der Waals surface area contributed by atoms with Gasteiger partial charge in [0.25, 0.3) is 10.0 Å². The first-order valence-corrected chi connectivity index (χ1v) is 15.4. The molecule has 0 saturated heterocycles. The Morgan fingerprint density at radius 1 is 0.951 bits per heavy atom. The molecule has 7 nitrogen and oxygen atoms in total. The van der Waals surface area contributed by atoms with Crippen LogP contribution in [-0.2, 0) is 26.2 Å². The standard InChI is InChI=1S/C31H37ClFN3O4S/c1-6-23(5)34-31(38)28(7-2)35(19-24-11-14-26(33)15-12-24)30(37)20-36(29-18-25(32)13-10-22(29)4)41(39,40)27-16-8-21(3)9-17-27/h8-18,23,28H,6-7,19-20H2,1-5H3,(H,34,38)/t23-,28+/m0/s1. The van der Waals surface area contributed by atoms with Gasteiger partial charge in [0.1, 0.15) is 18.4 Å². The van der Waals surface area contributed by atoms with E-state index in [-0.39, 0.29) is 35.5 Å². The first-order valence-electron chi connectivity index (χ1n) is 13.6. The lowest BCUT2D eigenvalue weighted by atomic mass is 10.1. The Labute approximate surface area is 247 Å². The molecule has 0 aliphatic rings. The van der Waals surface area contributed by atoms with Crippen LogP contribution in [0.25, 0.3) is 0 Å². The minimum absolute atomic E-state index is 0.0154. The van der Waals surface area contributed by atoms with Crippen molar-refractivity contribution < 1.29 is 22.4 Å². The highest BCUT2D eigenvalue weighted by molar-refractivity contribution is 7.92. The summed E-state index contributed by atoms with van der Waals surface area (Å²) < 4.78 is 42.7. The van der Waals surface area contributed by atoms with Crippen LogP contribution >= 0.6 is 11.6 Å². The molecule has 10 heteroatoms. The Balaban J connectivity index is 2.10. The second-order valence-corrected chi connectivity index (χ2v) is 12.4. The van der Waals surface area contributed by atoms with Gasteiger partial charge in [-0.15, -0.1) is 0 Å². The van der Waals surface area contributed by atoms with Gasteiger partial charge in [-0.3, -0.25) is 13.9 Å². The van der Waals surface area contributed by atoms with Gasteiger partial charge in [0.15, 0.2) is 0 Å². The van der Waals surface area contributed by atoms with Crippen LogP contribution in [0.3, 0.4) is 0 Å². The maximum absolute atomic E-state index is 14.1. The Morgan fingerprint density at radius 2 is 1.59 bits per heavy atom. The number of halogens is 2. The van der Waals surface area contributed by atoms with Gasteiger partial charge in [0, 0.05) is 17.6 Å². The SMILES string of the molecule is CC[C@H](C(=O)N[C@@H](C)CC)N(Cc1ccc(F)cc1)C(=O)CN(c1cc(Cl)ccc1C)S(=O)(=O)c1ccc(C)cc1. The number of carbonyl (C=O) groups is 2. The topological polar surface area (TPSA) is 86.8 Å². The minimum atomic E-state index is -4.22. The number of nitrogens with one attached hydrogen (secondary N) is 1. The van der Waals surface area contributed by atoms with Gasteiger partial charge in [0.05, 0.1) is 10.6 Å². The summed E-state index contributed by atoms with van der Waals surface area (Å²) >= 11 is 6.27. The van der Waals surface area contributed by atoms with Gasteiger partial charge >= 0.3 is 0 Å². The Morgan fingerprint density at radius 3 is 2.17 bits per heavy atom. The Hall–Kier alpha value is -3.43. The van der Waals surface area contributed by atoms with Crippen LogP contribution in [0.2, 0.25) is 5.02 Å². The molecule has 0 aliphatic heterocycles. The zero-order chi connectivity index (χ0) is 30.3. The van der Waals surface area contributed by atoms with E-state index in [0.717, 1.165) is 9.87 Å². The molecule has 0 saturated carbocycles. The zero-order valence-corrected chi connectivity index (χ0v) is 25.6. The summed E-state index contributed by atoms with van der Waals surface area (Å²) in [4.78, 5) is 28.8. The van der Waals surface area contributed by atoms with Crippen molar-refractivity contribution in [3.8, 4) is 0 Å². The number of rotatable bonds is 12. The number of nitrogens with zero attached hydrogens (tertiary/aromatic N) is 2. The van der Waals surface area contributed by atoms with Crippen molar-refractivity contribution in [2.45, 2.75) is 71.0 Å². The van der Waals surface area contributed by atoms with E-state index in [1.165, 1.54) is 47.4 Å². The lowest BCUT2D eigenvalue weighted by Gasteiger charge is -2.34. The number of benzene rings is 3. The molecule has 0 aromatic heterocycles. The van der Waals surface area contributed by atoms with E-state index in [1.54, 1.807) is 38.1 Å². The molecule has 3 rings (SSSR count). The highest BCUT2D eigenvalue weighted by atomic mass is 35.5. The van der Waals surface area contributed by atoms with E-state index >= 15 is 0 Å². The summed E-state index contributed by atoms with van der Waals surface area (Å²) in [5, 5.41) is 3.24. The number of amides is 2. The van der Waals surface area contributed by atoms with Crippen LogP contribution in [0.5, 0.6) is 0 Å². The highest BCUT2D eigenvalue weighted by Gasteiger charge is 2.34. The number of aryl methyl sites for hydroxylation is 2. The number of hydrogen-bond acceptors (Lipinski definition) is 4. The number of hydrogen-bond donors (Lipinski definition) is 1. The number of carbonyl (C=O) groups excluding carboxylic acids is 2. The van der Waals surface area contributed by atoms with Crippen LogP contribution in [0, 0.1) is 19.7 Å². The third kappa shape index (κ3) is 8.07. The van der Waals surface area contributed by atoms with Crippen molar-refractivity contribution in [2.24, 2.45) is 0 Å². The van der Waals surface area contributed by atoms with Crippen molar-refractivity contribution in [2.75, 3.05) is 10.8 Å². The molecule has 1 N–H and O–H groups in total. The van der Waals surface area contributed by atoms with Crippen LogP contribution in [0.4, 0.5) is 10.1 Å². The van der Waals surface area contributed by atoms with E-state index in [0.29, 0.717) is 22.6 Å². The Bertz CT molecular complexity index is 1460. The molecule has 0 spiro atoms. The summed E-state index contributed by atoms with van der Waals surface area (Å²) in [6, 6.07) is 15.8. The first kappa shape index (κ1) is 32.1. The highest BCUT2D eigenvalue weighted by Crippen LogP contribution is 2.30. The van der Waals surface area contributed by atoms with E-state index in [2.05, 4.69) is 5.32 Å². The molecule has 2 atom stereocenters. The first-order chi connectivity index (χ1) is 19.4. The lowest BCUT2D eigenvalue weighted by Crippen LogP contribution is -2.53. The van der Waals surface area contributed by atoms with Crippen molar-refractivity contribution >= 4 is 39.1 Å². The molecule has 0 bridgehead atoms. The van der Waals surface area contributed by atoms with E-state index in [9.17, 15) is 22.4 Å². The molecular formula is C31H37ClFN3O4S. The third-order valence-corrected chi connectivity index (χ3v) is 8.99. The van der Waals surface area contributed by atoms with Gasteiger partial charge in [-0.1, -0.05) is 61.3 Å². The van der Waals surface area contributed by atoms with E-state index in [4.69, 9.17) is 11.6 Å². The fraction of sp³-hybridized carbons (Fsp3) is 0.355. The number of sulfonamides is 1. The van der Waals surface area contributed by atoms with Crippen molar-refractivity contribution in [3.05, 3.63) is 94.3 Å². The van der Waals surface area contributed by atoms with Crippen LogP contribution in [-0.4, -0.2) is 43.8 Å². The minimum Gasteiger partial charge on any atom is -0.352 e. The lowest BCUT2D eigenvalue weighted by molar-refractivity contribution is -0.140. The van der Waals surface area contributed by atoms with Crippen LogP contribution < -0.4 is 9.62 Å². The molecule has 3 aromatic carbocycles. The Kier molecular flexibility index (Phi) is 10.9. The normalized spacial score (nSPS) is 12.9. The molecule has 41 heavy (non-hydrogen) atoms. The summed E-state index contributed by atoms with van der Waals surface area (Å²) in [7, 11) is -4.22. The van der Waals surface area contributed by atoms with E-state index < -0.39 is 34.3 Å². The summed E-state index contributed by atoms with van der Waals surface area (Å²) in [6.45, 7) is 8.58. The van der Waals surface area contributed by atoms with E-state index in [1.807, 2.05) is 20.8 Å². The second-order valence-electron chi connectivity index (χ2n) is 10.1. The van der Waals surface area contributed by atoms with Gasteiger partial charge in [-0.2, -0.15) is 0 Å². The molecule has 0 fully saturated rings. The molecule has 220 valence electrons. The molecule has 3 aromatic rings. The van der Waals surface area contributed by atoms with Gasteiger partial charge in [-0.05, 0) is 81.1 Å². The van der Waals surface area contributed by atoms with Crippen molar-refractivity contribution in [3.63, 3.8) is 0 Å². The zero-order valence-electron chi connectivity index (χ0n) is 24.0. The smallest absolute Gasteiger partial charge is 0.264 e. The molecule has 0 heterocycles. The summed E-state index contributed by atoms with van der Waals surface area (Å²) in [5.41, 5.74) is 2.34. The van der Waals surface area contributed by atoms with Gasteiger partial charge in [0.2, 0.25) is 11.8 Å². The average molecular weight is 602 g/mol. The van der Waals surface area contributed by atoms with Crippen molar-refractivity contribution in [1.29, 1.82) is 0 Å². The largest absolute Gasteiger partial charge is 0.352 e. The predicted octanol–water partition coefficient (Wildman–Crippen LogP) is 6.01. The quantitative estimate of drug-likeness (QED) is 0.275. The maximum atomic E-state index is 14.1. The third-order valence-electron chi connectivity index (χ3n) is 6.98. The maximum Gasteiger partial charge on any atom is 0.264 e. The van der Waals surface area contributed by atoms with Crippen molar-refractivity contribution in [1.82, 2.24) is 10.2 Å². The second kappa shape index (κ2) is 14.0. The fourth-order valence-electron chi connectivity index (χ4n) is 4.35.